The van der Waals surface area contributed by atoms with Gasteiger partial charge >= 0.3 is 0 Å². The maximum absolute atomic E-state index is 11.7. The molecule has 0 aliphatic carbocycles. The fourth-order valence-corrected chi connectivity index (χ4v) is 1.71. The quantitative estimate of drug-likeness (QED) is 0.613. The van der Waals surface area contributed by atoms with Crippen molar-refractivity contribution in [2.75, 3.05) is 6.54 Å². The van der Waals surface area contributed by atoms with Crippen molar-refractivity contribution in [1.29, 1.82) is 0 Å². The van der Waals surface area contributed by atoms with Gasteiger partial charge in [-0.2, -0.15) is 0 Å². The van der Waals surface area contributed by atoms with Crippen molar-refractivity contribution in [3.05, 3.63) is 0 Å². The second-order valence-electron chi connectivity index (χ2n) is 4.61. The van der Waals surface area contributed by atoms with Gasteiger partial charge < -0.3 is 4.90 Å². The fourth-order valence-electron chi connectivity index (χ4n) is 1.71. The van der Waals surface area contributed by atoms with Gasteiger partial charge in [-0.3, -0.25) is 9.59 Å². The first-order chi connectivity index (χ1) is 5.84. The maximum atomic E-state index is 11.7. The summed E-state index contributed by atoms with van der Waals surface area (Å²) in [6.07, 6.45) is 0.492. The molecular weight excluding hydrogens is 166 g/mol. The third-order valence-electron chi connectivity index (χ3n) is 2.45. The number of carbonyl (C=O) groups excluding carboxylic acids is 2. The number of Topliss-reactive ketones (excluding diaryl/α,β-unsaturated/α-hetero) is 1. The van der Waals surface area contributed by atoms with E-state index in [0.717, 1.165) is 0 Å². The van der Waals surface area contributed by atoms with Crippen LogP contribution in [0.25, 0.3) is 0 Å². The molecule has 0 radical (unpaired) electrons. The minimum absolute atomic E-state index is 0.0230. The van der Waals surface area contributed by atoms with Crippen LogP contribution < -0.4 is 0 Å². The minimum atomic E-state index is -0.279. The Hall–Kier alpha value is -0.860. The molecule has 0 saturated carbocycles. The number of hydrogen-bond donors (Lipinski definition) is 0. The standard InChI is InChI=1S/C10H17NO2/c1-7(2)9(13)11-6-8(12)5-10(11,3)4/h7H,5-6H2,1-4H3. The van der Waals surface area contributed by atoms with Crippen LogP contribution in [0.3, 0.4) is 0 Å². The van der Waals surface area contributed by atoms with Gasteiger partial charge in [-0.1, -0.05) is 13.8 Å². The highest BCUT2D eigenvalue weighted by molar-refractivity contribution is 5.91. The molecule has 74 valence electrons. The molecule has 3 heteroatoms. The maximum Gasteiger partial charge on any atom is 0.225 e. The van der Waals surface area contributed by atoms with Crippen LogP contribution in [0.1, 0.15) is 34.1 Å². The highest BCUT2D eigenvalue weighted by atomic mass is 16.2. The van der Waals surface area contributed by atoms with Gasteiger partial charge in [0, 0.05) is 17.9 Å². The number of carbonyl (C=O) groups is 2. The monoisotopic (exact) mass is 183 g/mol. The normalized spacial score (nSPS) is 21.3. The molecule has 3 nitrogen and oxygen atoms in total. The van der Waals surface area contributed by atoms with Gasteiger partial charge in [0.2, 0.25) is 5.91 Å². The van der Waals surface area contributed by atoms with Gasteiger partial charge in [-0.05, 0) is 13.8 Å². The lowest BCUT2D eigenvalue weighted by Gasteiger charge is -2.31. The molecule has 0 atom stereocenters. The van der Waals surface area contributed by atoms with Crippen molar-refractivity contribution in [3.8, 4) is 0 Å². The average Bonchev–Trinajstić information content (AvgIpc) is 2.22. The molecule has 0 aromatic rings. The highest BCUT2D eigenvalue weighted by Gasteiger charge is 2.40. The zero-order valence-electron chi connectivity index (χ0n) is 8.76. The Morgan fingerprint density at radius 2 is 2.00 bits per heavy atom. The van der Waals surface area contributed by atoms with E-state index < -0.39 is 0 Å². The Morgan fingerprint density at radius 3 is 2.31 bits per heavy atom. The topological polar surface area (TPSA) is 37.4 Å². The molecule has 1 aliphatic heterocycles. The molecule has 0 unspecified atom stereocenters. The molecule has 1 amide bonds. The molecule has 1 rings (SSSR count). The summed E-state index contributed by atoms with van der Waals surface area (Å²) in [5.74, 6) is 0.222. The molecule has 13 heavy (non-hydrogen) atoms. The summed E-state index contributed by atoms with van der Waals surface area (Å²) in [5.41, 5.74) is -0.279. The lowest BCUT2D eigenvalue weighted by Crippen LogP contribution is -2.44. The lowest BCUT2D eigenvalue weighted by atomic mass is 10.0. The van der Waals surface area contributed by atoms with E-state index in [1.54, 1.807) is 4.90 Å². The minimum Gasteiger partial charge on any atom is -0.330 e. The van der Waals surface area contributed by atoms with E-state index in [9.17, 15) is 9.59 Å². The van der Waals surface area contributed by atoms with Crippen LogP contribution >= 0.6 is 0 Å². The second-order valence-corrected chi connectivity index (χ2v) is 4.61. The lowest BCUT2D eigenvalue weighted by molar-refractivity contribution is -0.138. The second kappa shape index (κ2) is 3.13. The van der Waals surface area contributed by atoms with E-state index >= 15 is 0 Å². The Kier molecular flexibility index (Phi) is 2.46. The van der Waals surface area contributed by atoms with Crippen LogP contribution in [0.15, 0.2) is 0 Å². The Labute approximate surface area is 79.1 Å². The molecule has 0 N–H and O–H groups in total. The van der Waals surface area contributed by atoms with Crippen LogP contribution in [0, 0.1) is 5.92 Å². The van der Waals surface area contributed by atoms with Crippen molar-refractivity contribution in [1.82, 2.24) is 4.90 Å². The molecule has 0 aromatic heterocycles. The largest absolute Gasteiger partial charge is 0.330 e. The SMILES string of the molecule is CC(C)C(=O)N1CC(=O)CC1(C)C. The third kappa shape index (κ3) is 1.90. The van der Waals surface area contributed by atoms with Gasteiger partial charge in [0.15, 0.2) is 5.78 Å². The highest BCUT2D eigenvalue weighted by Crippen LogP contribution is 2.27. The van der Waals surface area contributed by atoms with Crippen molar-refractivity contribution >= 4 is 11.7 Å². The van der Waals surface area contributed by atoms with Crippen LogP contribution in [0.2, 0.25) is 0 Å². The van der Waals surface area contributed by atoms with E-state index in [0.29, 0.717) is 13.0 Å². The van der Waals surface area contributed by atoms with Crippen LogP contribution in [-0.2, 0) is 9.59 Å². The fraction of sp³-hybridized carbons (Fsp3) is 0.800. The summed E-state index contributed by atoms with van der Waals surface area (Å²) in [4.78, 5) is 24.6. The predicted molar refractivity (Wildman–Crippen MR) is 50.3 cm³/mol. The third-order valence-corrected chi connectivity index (χ3v) is 2.45. The van der Waals surface area contributed by atoms with Gasteiger partial charge in [0.05, 0.1) is 6.54 Å². The Balaban J connectivity index is 2.81. The first-order valence-electron chi connectivity index (χ1n) is 4.68. The summed E-state index contributed by atoms with van der Waals surface area (Å²) in [5, 5.41) is 0. The molecule has 1 heterocycles. The van der Waals surface area contributed by atoms with Crippen molar-refractivity contribution in [3.63, 3.8) is 0 Å². The van der Waals surface area contributed by atoms with E-state index in [4.69, 9.17) is 0 Å². The first-order valence-corrected chi connectivity index (χ1v) is 4.68. The van der Waals surface area contributed by atoms with Crippen molar-refractivity contribution < 1.29 is 9.59 Å². The summed E-state index contributed by atoms with van der Waals surface area (Å²) >= 11 is 0. The zero-order valence-corrected chi connectivity index (χ0v) is 8.76. The number of hydrogen-bond acceptors (Lipinski definition) is 2. The Morgan fingerprint density at radius 1 is 1.46 bits per heavy atom. The number of ketones is 1. The number of nitrogens with zero attached hydrogens (tertiary/aromatic N) is 1. The molecule has 1 saturated heterocycles. The molecule has 0 bridgehead atoms. The summed E-state index contributed by atoms with van der Waals surface area (Å²) in [7, 11) is 0. The van der Waals surface area contributed by atoms with Gasteiger partial charge in [0.1, 0.15) is 0 Å². The zero-order chi connectivity index (χ0) is 10.2. The van der Waals surface area contributed by atoms with Crippen LogP contribution in [0.5, 0.6) is 0 Å². The molecular formula is C10H17NO2. The average molecular weight is 183 g/mol. The van der Waals surface area contributed by atoms with Crippen molar-refractivity contribution in [2.45, 2.75) is 39.7 Å². The van der Waals surface area contributed by atoms with E-state index in [2.05, 4.69) is 0 Å². The van der Waals surface area contributed by atoms with Gasteiger partial charge in [-0.25, -0.2) is 0 Å². The van der Waals surface area contributed by atoms with E-state index in [1.165, 1.54) is 0 Å². The molecule has 0 spiro atoms. The van der Waals surface area contributed by atoms with Crippen LogP contribution in [-0.4, -0.2) is 28.7 Å². The Bertz CT molecular complexity index is 243. The van der Waals surface area contributed by atoms with E-state index in [-0.39, 0.29) is 23.1 Å². The number of likely N-dealkylation sites (tertiary alicyclic amines) is 1. The first kappa shape index (κ1) is 10.2. The molecule has 1 aliphatic rings. The molecule has 1 fully saturated rings. The number of amides is 1. The van der Waals surface area contributed by atoms with Gasteiger partial charge in [-0.15, -0.1) is 0 Å². The molecule has 0 aromatic carbocycles. The van der Waals surface area contributed by atoms with Gasteiger partial charge in [0.25, 0.3) is 0 Å². The smallest absolute Gasteiger partial charge is 0.225 e. The predicted octanol–water partition coefficient (Wildman–Crippen LogP) is 1.22. The summed E-state index contributed by atoms with van der Waals surface area (Å²) in [6, 6.07) is 0. The van der Waals surface area contributed by atoms with Crippen LogP contribution in [0.4, 0.5) is 0 Å². The summed E-state index contributed by atoms with van der Waals surface area (Å²) in [6.45, 7) is 7.91. The van der Waals surface area contributed by atoms with E-state index in [1.807, 2.05) is 27.7 Å². The summed E-state index contributed by atoms with van der Waals surface area (Å²) < 4.78 is 0. The van der Waals surface area contributed by atoms with Crippen molar-refractivity contribution in [2.24, 2.45) is 5.92 Å². The number of rotatable bonds is 1.